The van der Waals surface area contributed by atoms with Crippen molar-refractivity contribution in [3.8, 4) is 11.5 Å². The Labute approximate surface area is 129 Å². The Hall–Kier alpha value is -2.47. The number of hydrogen-bond acceptors (Lipinski definition) is 8. The van der Waals surface area contributed by atoms with Crippen LogP contribution in [-0.4, -0.2) is 41.1 Å². The highest BCUT2D eigenvalue weighted by atomic mass is 32.2. The van der Waals surface area contributed by atoms with Crippen LogP contribution in [0.25, 0.3) is 11.5 Å². The number of nitrogens with one attached hydrogen (secondary N) is 1. The summed E-state index contributed by atoms with van der Waals surface area (Å²) in [6.07, 6.45) is 1.30. The van der Waals surface area contributed by atoms with Crippen molar-refractivity contribution in [3.63, 3.8) is 0 Å². The molecule has 0 saturated heterocycles. The number of aromatic nitrogens is 5. The van der Waals surface area contributed by atoms with Crippen LogP contribution in [0, 0.1) is 10.1 Å². The second-order valence-corrected chi connectivity index (χ2v) is 5.14. The van der Waals surface area contributed by atoms with Crippen LogP contribution in [0.3, 0.4) is 0 Å². The molecule has 0 fully saturated rings. The molecule has 0 spiro atoms. The van der Waals surface area contributed by atoms with E-state index in [4.69, 9.17) is 5.84 Å². The normalized spacial score (nSPS) is 10.7. The van der Waals surface area contributed by atoms with E-state index in [9.17, 15) is 14.9 Å². The van der Waals surface area contributed by atoms with Crippen molar-refractivity contribution < 1.29 is 9.72 Å². The highest BCUT2D eigenvalue weighted by molar-refractivity contribution is 7.99. The zero-order valence-corrected chi connectivity index (χ0v) is 12.7. The van der Waals surface area contributed by atoms with Crippen LogP contribution in [0.4, 0.5) is 5.69 Å². The minimum Gasteiger partial charge on any atom is -0.301 e. The maximum Gasteiger partial charge on any atom is 0.318 e. The molecule has 0 atom stereocenters. The molecule has 22 heavy (non-hydrogen) atoms. The van der Waals surface area contributed by atoms with Crippen LogP contribution >= 0.6 is 11.8 Å². The first-order chi connectivity index (χ1) is 10.5. The third kappa shape index (κ3) is 3.07. The fourth-order valence-corrected chi connectivity index (χ4v) is 2.61. The number of carbonyl (C=O) groups is 1. The highest BCUT2D eigenvalue weighted by Gasteiger charge is 2.26. The molecule has 0 bridgehead atoms. The number of rotatable bonds is 6. The first-order valence-electron chi connectivity index (χ1n) is 6.21. The summed E-state index contributed by atoms with van der Waals surface area (Å²) in [5, 5.41) is 23.6. The summed E-state index contributed by atoms with van der Waals surface area (Å²) in [4.78, 5) is 21.8. The third-order valence-electron chi connectivity index (χ3n) is 2.74. The first-order valence-corrected chi connectivity index (χ1v) is 7.20. The molecule has 0 radical (unpaired) electrons. The number of hydrogen-bond donors (Lipinski definition) is 2. The van der Waals surface area contributed by atoms with Gasteiger partial charge in [0.2, 0.25) is 11.6 Å². The van der Waals surface area contributed by atoms with E-state index >= 15 is 0 Å². The van der Waals surface area contributed by atoms with Gasteiger partial charge in [0.15, 0.2) is 11.0 Å². The lowest BCUT2D eigenvalue weighted by Crippen LogP contribution is -2.31. The Bertz CT molecular complexity index is 709. The highest BCUT2D eigenvalue weighted by Crippen LogP contribution is 2.29. The fourth-order valence-electron chi connectivity index (χ4n) is 1.80. The van der Waals surface area contributed by atoms with E-state index in [1.54, 1.807) is 11.6 Å². The predicted octanol–water partition coefficient (Wildman–Crippen LogP) is -0.311. The Morgan fingerprint density at radius 2 is 2.27 bits per heavy atom. The molecule has 2 aromatic heterocycles. The molecular formula is C10H14N8O3S. The van der Waals surface area contributed by atoms with Gasteiger partial charge in [0.1, 0.15) is 6.20 Å². The molecule has 0 aliphatic carbocycles. The molecule has 2 heterocycles. The van der Waals surface area contributed by atoms with Crippen LogP contribution in [0.2, 0.25) is 0 Å². The number of amides is 1. The Balaban J connectivity index is 2.39. The van der Waals surface area contributed by atoms with Gasteiger partial charge in [-0.25, -0.2) is 5.84 Å². The van der Waals surface area contributed by atoms with Crippen molar-refractivity contribution in [1.82, 2.24) is 30.0 Å². The average Bonchev–Trinajstić information content (AvgIpc) is 3.07. The molecule has 3 N–H and O–H groups in total. The quantitative estimate of drug-likeness (QED) is 0.241. The topological polar surface area (TPSA) is 147 Å². The van der Waals surface area contributed by atoms with E-state index in [0.717, 1.165) is 11.8 Å². The van der Waals surface area contributed by atoms with Crippen molar-refractivity contribution in [1.29, 1.82) is 0 Å². The molecule has 12 heteroatoms. The number of aryl methyl sites for hydroxylation is 1. The minimum absolute atomic E-state index is 0.0684. The van der Waals surface area contributed by atoms with E-state index in [0.29, 0.717) is 11.7 Å². The monoisotopic (exact) mass is 326 g/mol. The van der Waals surface area contributed by atoms with Crippen molar-refractivity contribution in [2.45, 2.75) is 18.6 Å². The van der Waals surface area contributed by atoms with Gasteiger partial charge in [-0.2, -0.15) is 5.10 Å². The van der Waals surface area contributed by atoms with Gasteiger partial charge in [0, 0.05) is 13.6 Å². The summed E-state index contributed by atoms with van der Waals surface area (Å²) < 4.78 is 3.00. The number of thioether (sulfide) groups is 1. The summed E-state index contributed by atoms with van der Waals surface area (Å²) in [6, 6.07) is 0. The minimum atomic E-state index is -0.522. The van der Waals surface area contributed by atoms with E-state index in [1.165, 1.54) is 10.9 Å². The third-order valence-corrected chi connectivity index (χ3v) is 3.71. The lowest BCUT2D eigenvalue weighted by Gasteiger charge is -2.05. The lowest BCUT2D eigenvalue weighted by molar-refractivity contribution is -0.384. The second-order valence-electron chi connectivity index (χ2n) is 4.20. The molecule has 0 aliphatic rings. The summed E-state index contributed by atoms with van der Waals surface area (Å²) in [5.41, 5.74) is 2.00. The molecule has 11 nitrogen and oxygen atoms in total. The molecule has 2 rings (SSSR count). The summed E-state index contributed by atoms with van der Waals surface area (Å²) >= 11 is 1.13. The zero-order chi connectivity index (χ0) is 16.3. The van der Waals surface area contributed by atoms with Gasteiger partial charge in [0.05, 0.1) is 10.7 Å². The molecule has 2 aromatic rings. The average molecular weight is 326 g/mol. The van der Waals surface area contributed by atoms with Gasteiger partial charge in [-0.05, 0) is 6.92 Å². The van der Waals surface area contributed by atoms with Crippen LogP contribution in [0.5, 0.6) is 0 Å². The van der Waals surface area contributed by atoms with Gasteiger partial charge in [-0.1, -0.05) is 11.8 Å². The van der Waals surface area contributed by atoms with E-state index in [1.807, 2.05) is 12.3 Å². The van der Waals surface area contributed by atoms with Gasteiger partial charge < -0.3 is 4.57 Å². The molecule has 1 amide bonds. The van der Waals surface area contributed by atoms with Gasteiger partial charge >= 0.3 is 5.69 Å². The summed E-state index contributed by atoms with van der Waals surface area (Å²) in [7, 11) is 1.59. The maximum absolute atomic E-state index is 11.2. The van der Waals surface area contributed by atoms with E-state index in [-0.39, 0.29) is 28.9 Å². The predicted molar refractivity (Wildman–Crippen MR) is 77.6 cm³/mol. The molecule has 118 valence electrons. The standard InChI is InChI=1S/C10H14N8O3S/c1-3-17-9(8-6(18(20)21)4-16(2)15-8)13-14-10(17)22-5-7(19)12-11/h4H,3,5,11H2,1-2H3,(H,12,19). The van der Waals surface area contributed by atoms with Crippen LogP contribution in [0.1, 0.15) is 6.92 Å². The Kier molecular flexibility index (Phi) is 4.72. The number of hydrazine groups is 1. The van der Waals surface area contributed by atoms with Crippen molar-refractivity contribution in [3.05, 3.63) is 16.3 Å². The van der Waals surface area contributed by atoms with Crippen molar-refractivity contribution >= 4 is 23.4 Å². The zero-order valence-electron chi connectivity index (χ0n) is 11.9. The number of nitro groups is 1. The van der Waals surface area contributed by atoms with Gasteiger partial charge in [0.25, 0.3) is 0 Å². The molecule has 0 saturated carbocycles. The lowest BCUT2D eigenvalue weighted by atomic mass is 10.3. The van der Waals surface area contributed by atoms with Gasteiger partial charge in [-0.3, -0.25) is 25.0 Å². The molecule has 0 aromatic carbocycles. The van der Waals surface area contributed by atoms with Gasteiger partial charge in [-0.15, -0.1) is 10.2 Å². The van der Waals surface area contributed by atoms with Crippen molar-refractivity contribution in [2.75, 3.05) is 5.75 Å². The Morgan fingerprint density at radius 3 is 2.86 bits per heavy atom. The SMILES string of the molecule is CCn1c(SCC(=O)NN)nnc1-c1nn(C)cc1[N+](=O)[O-]. The van der Waals surface area contributed by atoms with Crippen LogP contribution in [0.15, 0.2) is 11.4 Å². The molecule has 0 unspecified atom stereocenters. The van der Waals surface area contributed by atoms with Crippen molar-refractivity contribution in [2.24, 2.45) is 12.9 Å². The largest absolute Gasteiger partial charge is 0.318 e. The van der Waals surface area contributed by atoms with Crippen LogP contribution < -0.4 is 11.3 Å². The number of nitrogens with zero attached hydrogens (tertiary/aromatic N) is 6. The van der Waals surface area contributed by atoms with E-state index < -0.39 is 4.92 Å². The fraction of sp³-hybridized carbons (Fsp3) is 0.400. The Morgan fingerprint density at radius 1 is 1.55 bits per heavy atom. The number of carbonyl (C=O) groups excluding carboxylic acids is 1. The van der Waals surface area contributed by atoms with Crippen LogP contribution in [-0.2, 0) is 18.4 Å². The summed E-state index contributed by atoms with van der Waals surface area (Å²) in [6.45, 7) is 2.32. The second kappa shape index (κ2) is 6.53. The first kappa shape index (κ1) is 15.9. The maximum atomic E-state index is 11.2. The molecule has 0 aliphatic heterocycles. The number of nitrogens with two attached hydrogens (primary N) is 1. The summed E-state index contributed by atoms with van der Waals surface area (Å²) in [5.74, 6) is 5.01. The smallest absolute Gasteiger partial charge is 0.301 e. The van der Waals surface area contributed by atoms with E-state index in [2.05, 4.69) is 15.3 Å². The molecular weight excluding hydrogens is 312 g/mol.